The highest BCUT2D eigenvalue weighted by molar-refractivity contribution is 6.22. The van der Waals surface area contributed by atoms with Gasteiger partial charge < -0.3 is 9.88 Å². The summed E-state index contributed by atoms with van der Waals surface area (Å²) in [6, 6.07) is 78.4. The zero-order valence-electron chi connectivity index (χ0n) is 33.2. The van der Waals surface area contributed by atoms with Crippen LogP contribution in [0.3, 0.4) is 0 Å². The molecule has 0 amide bonds. The molecule has 1 aliphatic heterocycles. The molecular formula is C57H38N4. The number of nitrogens with zero attached hydrogens (tertiary/aromatic N) is 3. The highest BCUT2D eigenvalue weighted by Crippen LogP contribution is 2.39. The molecule has 61 heavy (non-hydrogen) atoms. The van der Waals surface area contributed by atoms with E-state index in [0.717, 1.165) is 34.0 Å². The minimum atomic E-state index is -0.245. The van der Waals surface area contributed by atoms with Gasteiger partial charge in [0.05, 0.1) is 11.0 Å². The van der Waals surface area contributed by atoms with Crippen molar-refractivity contribution in [2.75, 3.05) is 0 Å². The molecule has 0 saturated carbocycles. The number of benzene rings is 10. The first kappa shape index (κ1) is 34.9. The van der Waals surface area contributed by atoms with E-state index in [1.54, 1.807) is 0 Å². The quantitative estimate of drug-likeness (QED) is 0.179. The lowest BCUT2D eigenvalue weighted by molar-refractivity contribution is 0.674. The average Bonchev–Trinajstić information content (AvgIpc) is 3.68. The van der Waals surface area contributed by atoms with Gasteiger partial charge in [-0.1, -0.05) is 158 Å². The van der Waals surface area contributed by atoms with Gasteiger partial charge in [-0.2, -0.15) is 0 Å². The molecule has 1 aromatic heterocycles. The van der Waals surface area contributed by atoms with Crippen LogP contribution >= 0.6 is 0 Å². The number of hydrogen-bond acceptors (Lipinski definition) is 3. The van der Waals surface area contributed by atoms with Crippen LogP contribution in [0.5, 0.6) is 0 Å². The molecule has 1 atom stereocenters. The fraction of sp³-hybridized carbons (Fsp3) is 0.0175. The highest BCUT2D eigenvalue weighted by Gasteiger charge is 2.22. The van der Waals surface area contributed by atoms with E-state index in [-0.39, 0.29) is 6.17 Å². The Hall–Kier alpha value is -8.08. The van der Waals surface area contributed by atoms with E-state index >= 15 is 0 Å². The number of para-hydroxylation sites is 1. The molecule has 0 spiro atoms. The summed E-state index contributed by atoms with van der Waals surface area (Å²) in [5.41, 5.74) is 11.4. The predicted octanol–water partition coefficient (Wildman–Crippen LogP) is 14.1. The van der Waals surface area contributed by atoms with Gasteiger partial charge in [0.15, 0.2) is 5.84 Å². The Morgan fingerprint density at radius 3 is 1.64 bits per heavy atom. The van der Waals surface area contributed by atoms with Crippen LogP contribution in [-0.2, 0) is 0 Å². The fourth-order valence-electron chi connectivity index (χ4n) is 9.12. The largest absolute Gasteiger partial charge is 0.344 e. The molecular weight excluding hydrogens is 741 g/mol. The van der Waals surface area contributed by atoms with Crippen molar-refractivity contribution in [1.82, 2.24) is 9.88 Å². The van der Waals surface area contributed by atoms with Crippen LogP contribution in [0.2, 0.25) is 0 Å². The number of fused-ring (bicyclic) bond motifs is 7. The van der Waals surface area contributed by atoms with E-state index in [4.69, 9.17) is 9.98 Å². The Balaban J connectivity index is 0.887. The summed E-state index contributed by atoms with van der Waals surface area (Å²) >= 11 is 0. The third-order valence-electron chi connectivity index (χ3n) is 12.2. The van der Waals surface area contributed by atoms with E-state index < -0.39 is 0 Å². The number of aliphatic imine (C=N–C) groups is 2. The molecule has 1 aliphatic rings. The van der Waals surface area contributed by atoms with Crippen molar-refractivity contribution < 1.29 is 0 Å². The molecule has 11 aromatic rings. The van der Waals surface area contributed by atoms with Crippen molar-refractivity contribution in [1.29, 1.82) is 0 Å². The Morgan fingerprint density at radius 2 is 0.918 bits per heavy atom. The molecule has 2 heterocycles. The van der Waals surface area contributed by atoms with E-state index in [0.29, 0.717) is 0 Å². The summed E-state index contributed by atoms with van der Waals surface area (Å²) in [6.45, 7) is 0. The SMILES string of the molecule is c1ccc(C2=NC(c3ccccc3)NC(c3ccc(-n4c5ccccc5c5c6ccc(-c7ccc8cc(-c9ccc%10ccccc%10c9)ccc8c7)cc6ccc54)cc3)=N2)cc1. The van der Waals surface area contributed by atoms with Crippen LogP contribution in [0, 0.1) is 0 Å². The molecule has 1 N–H and O–H groups in total. The lowest BCUT2D eigenvalue weighted by Gasteiger charge is -2.23. The van der Waals surface area contributed by atoms with Gasteiger partial charge in [-0.15, -0.1) is 0 Å². The van der Waals surface area contributed by atoms with Gasteiger partial charge in [-0.05, 0) is 121 Å². The minimum absolute atomic E-state index is 0.245. The summed E-state index contributed by atoms with van der Waals surface area (Å²) in [6.07, 6.45) is -0.245. The Morgan fingerprint density at radius 1 is 0.377 bits per heavy atom. The second-order valence-electron chi connectivity index (χ2n) is 15.9. The number of amidine groups is 2. The van der Waals surface area contributed by atoms with E-state index in [2.05, 4.69) is 204 Å². The van der Waals surface area contributed by atoms with Crippen molar-refractivity contribution in [3.05, 3.63) is 235 Å². The van der Waals surface area contributed by atoms with Crippen LogP contribution in [0.4, 0.5) is 0 Å². The second-order valence-corrected chi connectivity index (χ2v) is 15.9. The van der Waals surface area contributed by atoms with Crippen molar-refractivity contribution >= 4 is 65.8 Å². The van der Waals surface area contributed by atoms with Crippen molar-refractivity contribution in [2.45, 2.75) is 6.17 Å². The van der Waals surface area contributed by atoms with Gasteiger partial charge >= 0.3 is 0 Å². The molecule has 12 rings (SSSR count). The monoisotopic (exact) mass is 778 g/mol. The Labute approximate surface area is 353 Å². The minimum Gasteiger partial charge on any atom is -0.344 e. The van der Waals surface area contributed by atoms with Crippen LogP contribution in [-0.4, -0.2) is 16.2 Å². The topological polar surface area (TPSA) is 41.7 Å². The molecule has 0 fully saturated rings. The predicted molar refractivity (Wildman–Crippen MR) is 256 cm³/mol. The molecule has 286 valence electrons. The Kier molecular flexibility index (Phi) is 8.20. The molecule has 0 saturated heterocycles. The van der Waals surface area contributed by atoms with Gasteiger partial charge in [0.2, 0.25) is 0 Å². The molecule has 4 heteroatoms. The fourth-order valence-corrected chi connectivity index (χ4v) is 9.12. The molecule has 1 unspecified atom stereocenters. The highest BCUT2D eigenvalue weighted by atomic mass is 15.2. The van der Waals surface area contributed by atoms with Gasteiger partial charge in [0, 0.05) is 27.6 Å². The first-order chi connectivity index (χ1) is 30.2. The number of nitrogens with one attached hydrogen (secondary N) is 1. The van der Waals surface area contributed by atoms with Gasteiger partial charge in [0.1, 0.15) is 12.0 Å². The maximum Gasteiger partial charge on any atom is 0.159 e. The summed E-state index contributed by atoms with van der Waals surface area (Å²) < 4.78 is 2.39. The Bertz CT molecular complexity index is 3540. The van der Waals surface area contributed by atoms with Gasteiger partial charge in [-0.25, -0.2) is 9.98 Å². The first-order valence-electron chi connectivity index (χ1n) is 20.8. The third-order valence-corrected chi connectivity index (χ3v) is 12.2. The van der Waals surface area contributed by atoms with Gasteiger partial charge in [-0.3, -0.25) is 0 Å². The molecule has 0 aliphatic carbocycles. The van der Waals surface area contributed by atoms with Crippen molar-refractivity contribution in [2.24, 2.45) is 9.98 Å². The van der Waals surface area contributed by atoms with Crippen LogP contribution < -0.4 is 5.32 Å². The van der Waals surface area contributed by atoms with E-state index in [1.807, 2.05) is 24.3 Å². The zero-order valence-corrected chi connectivity index (χ0v) is 33.2. The number of rotatable bonds is 6. The standard InChI is InChI=1S/C57H38N4/c1-3-12-38(13-4-1)55-58-56(39-14-5-2-6-15-39)60-57(59-55)40-25-29-49(30-26-40)61-52-18-10-9-17-51(52)54-50-31-27-47(36-48(50)28-32-53(54)61)46-24-23-44-34-43(21-22-45(44)35-46)42-20-19-37-11-7-8-16-41(37)33-42/h1-36,55H,(H,58,59,60). The summed E-state index contributed by atoms with van der Waals surface area (Å²) in [7, 11) is 0. The van der Waals surface area contributed by atoms with E-state index in [1.165, 1.54) is 76.4 Å². The van der Waals surface area contributed by atoms with E-state index in [9.17, 15) is 0 Å². The van der Waals surface area contributed by atoms with Crippen LogP contribution in [0.25, 0.3) is 82.1 Å². The lowest BCUT2D eigenvalue weighted by atomic mass is 9.95. The first-order valence-corrected chi connectivity index (χ1v) is 20.8. The molecule has 10 aromatic carbocycles. The van der Waals surface area contributed by atoms with Crippen LogP contribution in [0.1, 0.15) is 22.9 Å². The third kappa shape index (κ3) is 6.16. The lowest BCUT2D eigenvalue weighted by Crippen LogP contribution is -2.33. The molecule has 4 nitrogen and oxygen atoms in total. The van der Waals surface area contributed by atoms with Crippen LogP contribution in [0.15, 0.2) is 228 Å². The van der Waals surface area contributed by atoms with Gasteiger partial charge in [0.25, 0.3) is 0 Å². The molecule has 0 radical (unpaired) electrons. The second kappa shape index (κ2) is 14.3. The number of hydrogen-bond donors (Lipinski definition) is 1. The number of aromatic nitrogens is 1. The maximum absolute atomic E-state index is 5.04. The summed E-state index contributed by atoms with van der Waals surface area (Å²) in [5.74, 6) is 1.52. The normalized spacial score (nSPS) is 14.1. The average molecular weight is 779 g/mol. The smallest absolute Gasteiger partial charge is 0.159 e. The molecule has 0 bridgehead atoms. The summed E-state index contributed by atoms with van der Waals surface area (Å²) in [5, 5.41) is 13.6. The van der Waals surface area contributed by atoms with Crippen molar-refractivity contribution in [3.8, 4) is 27.9 Å². The zero-order chi connectivity index (χ0) is 40.3. The maximum atomic E-state index is 5.04. The summed E-state index contributed by atoms with van der Waals surface area (Å²) in [4.78, 5) is 10.1. The van der Waals surface area contributed by atoms with Crippen molar-refractivity contribution in [3.63, 3.8) is 0 Å².